The predicted octanol–water partition coefficient (Wildman–Crippen LogP) is 2.80. The van der Waals surface area contributed by atoms with Crippen LogP contribution in [0.2, 0.25) is 5.02 Å². The molecule has 3 unspecified atom stereocenters. The molecule has 3 atom stereocenters. The lowest BCUT2D eigenvalue weighted by molar-refractivity contribution is -0.142. The number of likely N-dealkylation sites (N-methyl/N-ethyl adjacent to an activating group) is 1. The number of rotatable bonds is 3. The standard InChI is InChI=1S/C17H15ClN2O4/c1-2-19-16(21)13-14(12-4-3-9-23-12)20(24-15(13)17(19)22)11-7-5-10(18)6-8-11/h3-9,13-15H,2H2,1H3. The molecule has 2 aliphatic rings. The number of hydroxylamine groups is 1. The Hall–Kier alpha value is -2.31. The van der Waals surface area contributed by atoms with Gasteiger partial charge in [-0.15, -0.1) is 0 Å². The van der Waals surface area contributed by atoms with Crippen molar-refractivity contribution in [1.29, 1.82) is 0 Å². The summed E-state index contributed by atoms with van der Waals surface area (Å²) in [5.74, 6) is -0.582. The number of anilines is 1. The molecule has 1 aromatic heterocycles. The topological polar surface area (TPSA) is 63.0 Å². The Morgan fingerprint density at radius 3 is 2.50 bits per heavy atom. The van der Waals surface area contributed by atoms with Crippen LogP contribution in [0.5, 0.6) is 0 Å². The third-order valence-corrected chi connectivity index (χ3v) is 4.69. The van der Waals surface area contributed by atoms with Gasteiger partial charge in [0, 0.05) is 11.6 Å². The Balaban J connectivity index is 1.78. The zero-order valence-corrected chi connectivity index (χ0v) is 13.6. The van der Waals surface area contributed by atoms with Crippen molar-refractivity contribution in [2.45, 2.75) is 19.1 Å². The Kier molecular flexibility index (Phi) is 3.58. The summed E-state index contributed by atoms with van der Waals surface area (Å²) in [4.78, 5) is 32.3. The van der Waals surface area contributed by atoms with Crippen molar-refractivity contribution in [3.8, 4) is 0 Å². The van der Waals surface area contributed by atoms with Gasteiger partial charge in [0.2, 0.25) is 5.91 Å². The van der Waals surface area contributed by atoms with Crippen molar-refractivity contribution in [2.75, 3.05) is 11.6 Å². The Morgan fingerprint density at radius 1 is 1.12 bits per heavy atom. The quantitative estimate of drug-likeness (QED) is 0.800. The molecule has 6 nitrogen and oxygen atoms in total. The first-order chi connectivity index (χ1) is 11.6. The average molecular weight is 347 g/mol. The lowest BCUT2D eigenvalue weighted by Gasteiger charge is -2.26. The van der Waals surface area contributed by atoms with Gasteiger partial charge in [-0.1, -0.05) is 11.6 Å². The summed E-state index contributed by atoms with van der Waals surface area (Å²) in [6.07, 6.45) is 0.713. The maximum Gasteiger partial charge on any atom is 0.261 e. The molecule has 2 amide bonds. The van der Waals surface area contributed by atoms with Crippen molar-refractivity contribution < 1.29 is 18.8 Å². The molecule has 0 saturated carbocycles. The van der Waals surface area contributed by atoms with E-state index in [2.05, 4.69) is 0 Å². The monoisotopic (exact) mass is 346 g/mol. The number of fused-ring (bicyclic) bond motifs is 1. The van der Waals surface area contributed by atoms with E-state index in [-0.39, 0.29) is 11.8 Å². The fourth-order valence-corrected chi connectivity index (χ4v) is 3.47. The molecule has 7 heteroatoms. The third-order valence-electron chi connectivity index (χ3n) is 4.44. The van der Waals surface area contributed by atoms with Gasteiger partial charge in [0.1, 0.15) is 17.7 Å². The molecule has 0 bridgehead atoms. The third kappa shape index (κ3) is 2.14. The van der Waals surface area contributed by atoms with Gasteiger partial charge < -0.3 is 4.42 Å². The van der Waals surface area contributed by atoms with E-state index in [0.29, 0.717) is 23.0 Å². The van der Waals surface area contributed by atoms with Crippen LogP contribution in [0, 0.1) is 5.92 Å². The highest BCUT2D eigenvalue weighted by Crippen LogP contribution is 2.46. The summed E-state index contributed by atoms with van der Waals surface area (Å²) in [6.45, 7) is 2.11. The highest BCUT2D eigenvalue weighted by atomic mass is 35.5. The summed E-state index contributed by atoms with van der Waals surface area (Å²) in [5, 5.41) is 2.17. The van der Waals surface area contributed by atoms with Crippen LogP contribution in [0.3, 0.4) is 0 Å². The average Bonchev–Trinajstić information content (AvgIpc) is 3.27. The van der Waals surface area contributed by atoms with E-state index in [0.717, 1.165) is 0 Å². The summed E-state index contributed by atoms with van der Waals surface area (Å²) >= 11 is 5.94. The van der Waals surface area contributed by atoms with Crippen LogP contribution in [0.1, 0.15) is 18.7 Å². The molecule has 124 valence electrons. The number of halogens is 1. The summed E-state index contributed by atoms with van der Waals surface area (Å²) < 4.78 is 5.52. The van der Waals surface area contributed by atoms with E-state index in [1.54, 1.807) is 54.6 Å². The predicted molar refractivity (Wildman–Crippen MR) is 86.1 cm³/mol. The number of imide groups is 1. The van der Waals surface area contributed by atoms with Gasteiger partial charge in [0.25, 0.3) is 5.91 Å². The molecule has 3 heterocycles. The van der Waals surface area contributed by atoms with Gasteiger partial charge in [0.15, 0.2) is 6.10 Å². The van der Waals surface area contributed by atoms with Gasteiger partial charge in [0.05, 0.1) is 12.0 Å². The number of amides is 2. The number of hydrogen-bond donors (Lipinski definition) is 0. The van der Waals surface area contributed by atoms with Gasteiger partial charge >= 0.3 is 0 Å². The lowest BCUT2D eigenvalue weighted by Crippen LogP contribution is -2.37. The van der Waals surface area contributed by atoms with E-state index in [1.165, 1.54) is 4.90 Å². The molecule has 1 aromatic carbocycles. The summed E-state index contributed by atoms with van der Waals surface area (Å²) in [6, 6.07) is 10.1. The minimum atomic E-state index is -0.830. The first-order valence-electron chi connectivity index (χ1n) is 7.72. The Labute approximate surface area is 143 Å². The molecular weight excluding hydrogens is 332 g/mol. The van der Waals surface area contributed by atoms with Gasteiger partial charge in [-0.2, -0.15) is 0 Å². The largest absolute Gasteiger partial charge is 0.467 e. The normalized spacial score (nSPS) is 26.3. The van der Waals surface area contributed by atoms with Crippen LogP contribution in [-0.4, -0.2) is 29.4 Å². The van der Waals surface area contributed by atoms with Crippen LogP contribution in [-0.2, 0) is 14.4 Å². The van der Waals surface area contributed by atoms with Crippen LogP contribution in [0.25, 0.3) is 0 Å². The number of furan rings is 1. The number of carbonyl (C=O) groups excluding carboxylic acids is 2. The van der Waals surface area contributed by atoms with Crippen LogP contribution in [0.4, 0.5) is 5.69 Å². The van der Waals surface area contributed by atoms with E-state index in [1.807, 2.05) is 0 Å². The molecular formula is C17H15ClN2O4. The fraction of sp³-hybridized carbons (Fsp3) is 0.294. The highest BCUT2D eigenvalue weighted by Gasteiger charge is 2.60. The van der Waals surface area contributed by atoms with Gasteiger partial charge in [-0.3, -0.25) is 19.3 Å². The van der Waals surface area contributed by atoms with Gasteiger partial charge in [-0.25, -0.2) is 5.06 Å². The SMILES string of the molecule is CCN1C(=O)C2ON(c3ccc(Cl)cc3)C(c3ccco3)C2C1=O. The smallest absolute Gasteiger partial charge is 0.261 e. The van der Waals surface area contributed by atoms with Crippen molar-refractivity contribution >= 4 is 29.1 Å². The van der Waals surface area contributed by atoms with E-state index >= 15 is 0 Å². The van der Waals surface area contributed by atoms with Crippen molar-refractivity contribution in [3.05, 3.63) is 53.4 Å². The maximum atomic E-state index is 12.7. The summed E-state index contributed by atoms with van der Waals surface area (Å²) in [7, 11) is 0. The Bertz CT molecular complexity index is 774. The molecule has 0 aliphatic carbocycles. The first kappa shape index (κ1) is 15.2. The van der Waals surface area contributed by atoms with E-state index in [9.17, 15) is 9.59 Å². The zero-order valence-electron chi connectivity index (χ0n) is 12.9. The molecule has 2 fully saturated rings. The molecule has 24 heavy (non-hydrogen) atoms. The van der Waals surface area contributed by atoms with E-state index in [4.69, 9.17) is 20.9 Å². The van der Waals surface area contributed by atoms with Crippen LogP contribution in [0.15, 0.2) is 47.1 Å². The molecule has 2 saturated heterocycles. The number of hydrogen-bond acceptors (Lipinski definition) is 5. The minimum Gasteiger partial charge on any atom is -0.467 e. The summed E-state index contributed by atoms with van der Waals surface area (Å²) in [5.41, 5.74) is 0.707. The van der Waals surface area contributed by atoms with Crippen molar-refractivity contribution in [1.82, 2.24) is 4.90 Å². The van der Waals surface area contributed by atoms with Gasteiger partial charge in [-0.05, 0) is 43.3 Å². The molecule has 0 spiro atoms. The Morgan fingerprint density at radius 2 is 1.88 bits per heavy atom. The minimum absolute atomic E-state index is 0.231. The molecule has 4 rings (SSSR count). The second kappa shape index (κ2) is 5.65. The van der Waals surface area contributed by atoms with E-state index < -0.39 is 18.1 Å². The number of likely N-dealkylation sites (tertiary alicyclic amines) is 1. The van der Waals surface area contributed by atoms with Crippen LogP contribution >= 0.6 is 11.6 Å². The zero-order chi connectivity index (χ0) is 16.8. The maximum absolute atomic E-state index is 12.7. The highest BCUT2D eigenvalue weighted by molar-refractivity contribution is 6.30. The van der Waals surface area contributed by atoms with Crippen molar-refractivity contribution in [3.63, 3.8) is 0 Å². The second-order valence-electron chi connectivity index (χ2n) is 5.73. The number of carbonyl (C=O) groups is 2. The van der Waals surface area contributed by atoms with Crippen LogP contribution < -0.4 is 5.06 Å². The molecule has 0 N–H and O–H groups in total. The van der Waals surface area contributed by atoms with Crippen molar-refractivity contribution in [2.24, 2.45) is 5.92 Å². The number of benzene rings is 1. The molecule has 2 aromatic rings. The first-order valence-corrected chi connectivity index (χ1v) is 8.10. The lowest BCUT2D eigenvalue weighted by atomic mass is 9.94. The fourth-order valence-electron chi connectivity index (χ4n) is 3.34. The second-order valence-corrected chi connectivity index (χ2v) is 6.17. The molecule has 2 aliphatic heterocycles. The number of nitrogens with zero attached hydrogens (tertiary/aromatic N) is 2. The molecule has 0 radical (unpaired) electrons.